The van der Waals surface area contributed by atoms with Gasteiger partial charge in [0.1, 0.15) is 0 Å². The molecular weight excluding hydrogens is 298 g/mol. The number of para-hydroxylation sites is 1. The summed E-state index contributed by atoms with van der Waals surface area (Å²) in [7, 11) is -3.65. The molecule has 110 valence electrons. The van der Waals surface area contributed by atoms with Crippen molar-refractivity contribution in [2.75, 3.05) is 0 Å². The van der Waals surface area contributed by atoms with E-state index in [1.54, 1.807) is 12.1 Å². The monoisotopic (exact) mass is 311 g/mol. The molecular formula is C16H13N3O2S. The van der Waals surface area contributed by atoms with Crippen LogP contribution in [0.15, 0.2) is 59.5 Å². The molecule has 1 aromatic heterocycles. The van der Waals surface area contributed by atoms with Gasteiger partial charge < -0.3 is 4.98 Å². The fraction of sp³-hybridized carbons (Fsp3) is 0.0625. The Hall–Kier alpha value is -2.62. The van der Waals surface area contributed by atoms with Gasteiger partial charge in [0.25, 0.3) is 0 Å². The largest absolute Gasteiger partial charge is 0.357 e. The second-order valence-corrected chi connectivity index (χ2v) is 6.61. The van der Waals surface area contributed by atoms with E-state index in [9.17, 15) is 8.42 Å². The molecule has 0 radical (unpaired) electrons. The Morgan fingerprint density at radius 2 is 1.91 bits per heavy atom. The second kappa shape index (κ2) is 5.64. The first kappa shape index (κ1) is 14.3. The molecule has 0 spiro atoms. The first-order chi connectivity index (χ1) is 10.6. The van der Waals surface area contributed by atoms with E-state index in [2.05, 4.69) is 9.71 Å². The number of hydrogen-bond donors (Lipinski definition) is 2. The molecule has 0 aliphatic heterocycles. The smallest absolute Gasteiger partial charge is 0.240 e. The summed E-state index contributed by atoms with van der Waals surface area (Å²) in [5.41, 5.74) is 2.05. The Balaban J connectivity index is 1.81. The van der Waals surface area contributed by atoms with Crippen LogP contribution >= 0.6 is 0 Å². The number of hydrogen-bond acceptors (Lipinski definition) is 3. The van der Waals surface area contributed by atoms with Crippen LogP contribution in [0.2, 0.25) is 0 Å². The molecule has 0 aliphatic carbocycles. The van der Waals surface area contributed by atoms with Crippen LogP contribution in [0.1, 0.15) is 11.3 Å². The number of H-pyrrole nitrogens is 1. The minimum absolute atomic E-state index is 0.0858. The molecule has 6 heteroatoms. The lowest BCUT2D eigenvalue weighted by Gasteiger charge is -2.05. The Bertz CT molecular complexity index is 935. The highest BCUT2D eigenvalue weighted by Gasteiger charge is 2.14. The van der Waals surface area contributed by atoms with Crippen LogP contribution in [0.5, 0.6) is 0 Å². The molecule has 2 N–H and O–H groups in total. The van der Waals surface area contributed by atoms with Gasteiger partial charge in [0, 0.05) is 11.2 Å². The minimum Gasteiger partial charge on any atom is -0.357 e. The minimum atomic E-state index is -3.65. The fourth-order valence-electron chi connectivity index (χ4n) is 2.22. The molecule has 2 aromatic carbocycles. The lowest BCUT2D eigenvalue weighted by molar-refractivity contribution is 0.580. The van der Waals surface area contributed by atoms with Gasteiger partial charge in [0.2, 0.25) is 10.0 Å². The van der Waals surface area contributed by atoms with Crippen molar-refractivity contribution in [3.8, 4) is 6.07 Å². The van der Waals surface area contributed by atoms with Gasteiger partial charge in [-0.05, 0) is 35.7 Å². The van der Waals surface area contributed by atoms with Crippen molar-refractivity contribution < 1.29 is 8.42 Å². The summed E-state index contributed by atoms with van der Waals surface area (Å²) in [6.45, 7) is 0.161. The van der Waals surface area contributed by atoms with Crippen LogP contribution in [0.4, 0.5) is 0 Å². The maximum absolute atomic E-state index is 12.3. The van der Waals surface area contributed by atoms with Crippen molar-refractivity contribution in [2.24, 2.45) is 0 Å². The lowest BCUT2D eigenvalue weighted by Crippen LogP contribution is -2.23. The van der Waals surface area contributed by atoms with Gasteiger partial charge in [0.05, 0.1) is 23.1 Å². The summed E-state index contributed by atoms with van der Waals surface area (Å²) < 4.78 is 27.0. The highest BCUT2D eigenvalue weighted by molar-refractivity contribution is 7.89. The average Bonchev–Trinajstić information content (AvgIpc) is 2.96. The van der Waals surface area contributed by atoms with E-state index >= 15 is 0 Å². The van der Waals surface area contributed by atoms with Crippen LogP contribution in [0.3, 0.4) is 0 Å². The molecule has 0 aliphatic rings. The van der Waals surface area contributed by atoms with E-state index < -0.39 is 10.0 Å². The third-order valence-corrected chi connectivity index (χ3v) is 4.71. The van der Waals surface area contributed by atoms with E-state index in [0.29, 0.717) is 5.56 Å². The molecule has 0 amide bonds. The summed E-state index contributed by atoms with van der Waals surface area (Å²) in [5, 5.41) is 9.88. The van der Waals surface area contributed by atoms with E-state index in [-0.39, 0.29) is 11.4 Å². The third kappa shape index (κ3) is 2.86. The van der Waals surface area contributed by atoms with Crippen LogP contribution < -0.4 is 4.72 Å². The number of nitriles is 1. The number of aromatic nitrogens is 1. The van der Waals surface area contributed by atoms with Crippen molar-refractivity contribution in [3.63, 3.8) is 0 Å². The highest BCUT2D eigenvalue weighted by Crippen LogP contribution is 2.16. The second-order valence-electron chi connectivity index (χ2n) is 4.85. The maximum atomic E-state index is 12.3. The number of fused-ring (bicyclic) bond motifs is 1. The summed E-state index contributed by atoms with van der Waals surface area (Å²) in [5.74, 6) is 0. The van der Waals surface area contributed by atoms with Gasteiger partial charge in [-0.25, -0.2) is 13.1 Å². The van der Waals surface area contributed by atoms with Crippen molar-refractivity contribution >= 4 is 20.9 Å². The topological polar surface area (TPSA) is 85.8 Å². The first-order valence-electron chi connectivity index (χ1n) is 6.65. The third-order valence-electron chi connectivity index (χ3n) is 3.31. The number of nitrogens with zero attached hydrogens (tertiary/aromatic N) is 1. The normalized spacial score (nSPS) is 11.4. The maximum Gasteiger partial charge on any atom is 0.240 e. The molecule has 22 heavy (non-hydrogen) atoms. The van der Waals surface area contributed by atoms with E-state index in [1.165, 1.54) is 12.1 Å². The molecule has 0 bridgehead atoms. The highest BCUT2D eigenvalue weighted by atomic mass is 32.2. The Morgan fingerprint density at radius 3 is 2.68 bits per heavy atom. The van der Waals surface area contributed by atoms with Crippen LogP contribution in [-0.2, 0) is 16.6 Å². The number of nitrogens with one attached hydrogen (secondary N) is 2. The molecule has 0 fully saturated rings. The molecule has 0 atom stereocenters. The lowest BCUT2D eigenvalue weighted by atomic mass is 10.2. The van der Waals surface area contributed by atoms with Crippen molar-refractivity contribution in [3.05, 3.63) is 65.9 Å². The number of aromatic amines is 1. The zero-order valence-corrected chi connectivity index (χ0v) is 12.4. The molecule has 0 unspecified atom stereocenters. The summed E-state index contributed by atoms with van der Waals surface area (Å²) in [6.07, 6.45) is 0. The van der Waals surface area contributed by atoms with E-state index in [4.69, 9.17) is 5.26 Å². The quantitative estimate of drug-likeness (QED) is 0.776. The van der Waals surface area contributed by atoms with Crippen molar-refractivity contribution in [2.45, 2.75) is 11.4 Å². The van der Waals surface area contributed by atoms with Crippen LogP contribution in [0, 0.1) is 11.3 Å². The molecule has 5 nitrogen and oxygen atoms in total. The van der Waals surface area contributed by atoms with Gasteiger partial charge in [-0.1, -0.05) is 24.3 Å². The molecule has 0 saturated heterocycles. The van der Waals surface area contributed by atoms with Crippen LogP contribution in [-0.4, -0.2) is 13.4 Å². The van der Waals surface area contributed by atoms with Crippen molar-refractivity contribution in [1.29, 1.82) is 5.26 Å². The summed E-state index contributed by atoms with van der Waals surface area (Å²) >= 11 is 0. The standard InChI is InChI=1S/C16H13N3O2S/c17-10-12-4-3-6-15(8-12)22(20,21)18-11-14-9-13-5-1-2-7-16(13)19-14/h1-9,18-19H,11H2. The summed E-state index contributed by atoms with van der Waals surface area (Å²) in [4.78, 5) is 3.25. The van der Waals surface area contributed by atoms with Crippen LogP contribution in [0.25, 0.3) is 10.9 Å². The SMILES string of the molecule is N#Cc1cccc(S(=O)(=O)NCc2cc3ccccc3[nH]2)c1. The fourth-order valence-corrected chi connectivity index (χ4v) is 3.27. The first-order valence-corrected chi connectivity index (χ1v) is 8.13. The molecule has 0 saturated carbocycles. The molecule has 3 aromatic rings. The van der Waals surface area contributed by atoms with Gasteiger partial charge in [-0.3, -0.25) is 0 Å². The average molecular weight is 311 g/mol. The molecule has 1 heterocycles. The number of benzene rings is 2. The van der Waals surface area contributed by atoms with Gasteiger partial charge in [-0.15, -0.1) is 0 Å². The van der Waals surface area contributed by atoms with Gasteiger partial charge >= 0.3 is 0 Å². The Kier molecular flexibility index (Phi) is 3.67. The summed E-state index contributed by atoms with van der Waals surface area (Å²) in [6, 6.07) is 17.5. The zero-order chi connectivity index (χ0) is 15.6. The van der Waals surface area contributed by atoms with E-state index in [0.717, 1.165) is 16.6 Å². The zero-order valence-electron chi connectivity index (χ0n) is 11.6. The van der Waals surface area contributed by atoms with Gasteiger partial charge in [0.15, 0.2) is 0 Å². The van der Waals surface area contributed by atoms with E-state index in [1.807, 2.05) is 36.4 Å². The molecule has 3 rings (SSSR count). The number of sulfonamides is 1. The predicted octanol–water partition coefficient (Wildman–Crippen LogP) is 2.52. The Morgan fingerprint density at radius 1 is 1.09 bits per heavy atom. The van der Waals surface area contributed by atoms with Crippen molar-refractivity contribution in [1.82, 2.24) is 9.71 Å². The van der Waals surface area contributed by atoms with Gasteiger partial charge in [-0.2, -0.15) is 5.26 Å². The Labute approximate surface area is 128 Å². The predicted molar refractivity (Wildman–Crippen MR) is 83.5 cm³/mol. The number of rotatable bonds is 4.